The molecule has 0 amide bonds. The topological polar surface area (TPSA) is 27.7 Å². The van der Waals surface area contributed by atoms with Crippen LogP contribution in [0.1, 0.15) is 27.7 Å². The fraction of sp³-hybridized carbons (Fsp3) is 1.00. The Morgan fingerprint density at radius 3 is 1.81 bits per heavy atom. The number of hydrogen-bond donors (Lipinski definition) is 0. The number of methoxy groups -OCH3 is 2. The standard InChI is InChI=1S/C12H28O3Si/c1-10(11(13-5)14-6)9-15-16(7,8)12(2,3)4/h10-11H,9H2,1-8H3/t10-/m0/s1. The van der Waals surface area contributed by atoms with Gasteiger partial charge in [-0.05, 0) is 18.1 Å². The molecule has 98 valence electrons. The first-order chi connectivity index (χ1) is 7.15. The Balaban J connectivity index is 4.24. The van der Waals surface area contributed by atoms with E-state index < -0.39 is 8.32 Å². The zero-order chi connectivity index (χ0) is 13.0. The molecule has 1 atom stereocenters. The summed E-state index contributed by atoms with van der Waals surface area (Å²) < 4.78 is 16.6. The van der Waals surface area contributed by atoms with Crippen molar-refractivity contribution in [3.8, 4) is 0 Å². The predicted octanol–water partition coefficient (Wildman–Crippen LogP) is 3.26. The maximum absolute atomic E-state index is 6.12. The van der Waals surface area contributed by atoms with Crippen molar-refractivity contribution in [1.29, 1.82) is 0 Å². The minimum absolute atomic E-state index is 0.176. The van der Waals surface area contributed by atoms with E-state index in [-0.39, 0.29) is 17.2 Å². The minimum atomic E-state index is -1.65. The van der Waals surface area contributed by atoms with Gasteiger partial charge in [-0.25, -0.2) is 0 Å². The summed E-state index contributed by atoms with van der Waals surface area (Å²) in [7, 11) is 1.68. The molecule has 0 saturated carbocycles. The monoisotopic (exact) mass is 248 g/mol. The second kappa shape index (κ2) is 6.14. The highest BCUT2D eigenvalue weighted by Crippen LogP contribution is 2.36. The highest BCUT2D eigenvalue weighted by molar-refractivity contribution is 6.74. The summed E-state index contributed by atoms with van der Waals surface area (Å²) in [6, 6.07) is 0. The average molecular weight is 248 g/mol. The minimum Gasteiger partial charge on any atom is -0.416 e. The number of rotatable bonds is 6. The molecule has 0 aliphatic rings. The lowest BCUT2D eigenvalue weighted by Gasteiger charge is -2.37. The summed E-state index contributed by atoms with van der Waals surface area (Å²) in [6.45, 7) is 14.0. The Morgan fingerprint density at radius 2 is 1.50 bits per heavy atom. The zero-order valence-corrected chi connectivity index (χ0v) is 13.1. The van der Waals surface area contributed by atoms with E-state index in [9.17, 15) is 0 Å². The molecule has 0 N–H and O–H groups in total. The van der Waals surface area contributed by atoms with Gasteiger partial charge in [0, 0.05) is 26.7 Å². The fourth-order valence-corrected chi connectivity index (χ4v) is 2.31. The van der Waals surface area contributed by atoms with Gasteiger partial charge in [-0.15, -0.1) is 0 Å². The van der Waals surface area contributed by atoms with Crippen LogP contribution in [-0.2, 0) is 13.9 Å². The van der Waals surface area contributed by atoms with Crippen LogP contribution in [0.25, 0.3) is 0 Å². The molecule has 0 unspecified atom stereocenters. The molecule has 0 aliphatic heterocycles. The molecule has 16 heavy (non-hydrogen) atoms. The normalized spacial score (nSPS) is 15.6. The van der Waals surface area contributed by atoms with Crippen LogP contribution in [0.5, 0.6) is 0 Å². The summed E-state index contributed by atoms with van der Waals surface area (Å²) in [5.74, 6) is 0.254. The number of ether oxygens (including phenoxy) is 2. The van der Waals surface area contributed by atoms with Crippen LogP contribution >= 0.6 is 0 Å². The van der Waals surface area contributed by atoms with Crippen molar-refractivity contribution in [2.45, 2.75) is 52.1 Å². The third-order valence-corrected chi connectivity index (χ3v) is 7.94. The van der Waals surface area contributed by atoms with Crippen LogP contribution in [0.4, 0.5) is 0 Å². The fourth-order valence-electron chi connectivity index (χ4n) is 1.20. The molecule has 0 radical (unpaired) electrons. The Labute approximate surface area is 102 Å². The lowest BCUT2D eigenvalue weighted by atomic mass is 10.2. The lowest BCUT2D eigenvalue weighted by molar-refractivity contribution is -0.140. The van der Waals surface area contributed by atoms with Crippen molar-refractivity contribution in [3.05, 3.63) is 0 Å². The first-order valence-corrected chi connectivity index (χ1v) is 8.76. The van der Waals surface area contributed by atoms with Gasteiger partial charge in [-0.3, -0.25) is 0 Å². The van der Waals surface area contributed by atoms with Crippen molar-refractivity contribution in [2.24, 2.45) is 5.92 Å². The van der Waals surface area contributed by atoms with E-state index in [1.807, 2.05) is 0 Å². The predicted molar refractivity (Wildman–Crippen MR) is 70.1 cm³/mol. The van der Waals surface area contributed by atoms with Gasteiger partial charge in [0.15, 0.2) is 14.6 Å². The molecule has 0 fully saturated rings. The Kier molecular flexibility index (Phi) is 6.18. The first-order valence-electron chi connectivity index (χ1n) is 5.85. The quantitative estimate of drug-likeness (QED) is 0.533. The molecule has 0 heterocycles. The van der Waals surface area contributed by atoms with Crippen molar-refractivity contribution in [2.75, 3.05) is 20.8 Å². The molecule has 0 aromatic carbocycles. The van der Waals surface area contributed by atoms with Crippen molar-refractivity contribution >= 4 is 8.32 Å². The molecule has 0 aromatic rings. The molecule has 0 saturated heterocycles. The first kappa shape index (κ1) is 16.1. The van der Waals surface area contributed by atoms with E-state index in [4.69, 9.17) is 13.9 Å². The highest BCUT2D eigenvalue weighted by Gasteiger charge is 2.37. The summed E-state index contributed by atoms with van der Waals surface area (Å²) in [5, 5.41) is 0.252. The summed E-state index contributed by atoms with van der Waals surface area (Å²) in [6.07, 6.45) is -0.176. The van der Waals surface area contributed by atoms with E-state index in [1.165, 1.54) is 0 Å². The van der Waals surface area contributed by atoms with Crippen LogP contribution in [0.15, 0.2) is 0 Å². The average Bonchev–Trinajstić information content (AvgIpc) is 2.15. The highest BCUT2D eigenvalue weighted by atomic mass is 28.4. The Hall–Kier alpha value is 0.0969. The smallest absolute Gasteiger partial charge is 0.191 e. The zero-order valence-electron chi connectivity index (χ0n) is 12.1. The van der Waals surface area contributed by atoms with Gasteiger partial charge >= 0.3 is 0 Å². The molecule has 0 spiro atoms. The second-order valence-corrected chi connectivity index (χ2v) is 10.7. The van der Waals surface area contributed by atoms with E-state index in [2.05, 4.69) is 40.8 Å². The van der Waals surface area contributed by atoms with Crippen LogP contribution in [-0.4, -0.2) is 35.4 Å². The van der Waals surface area contributed by atoms with Gasteiger partial charge in [-0.1, -0.05) is 27.7 Å². The largest absolute Gasteiger partial charge is 0.416 e. The second-order valence-electron chi connectivity index (χ2n) is 5.89. The van der Waals surface area contributed by atoms with Crippen molar-refractivity contribution < 1.29 is 13.9 Å². The van der Waals surface area contributed by atoms with Crippen LogP contribution in [0.2, 0.25) is 18.1 Å². The molecule has 4 heteroatoms. The summed E-state index contributed by atoms with van der Waals surface area (Å²) >= 11 is 0. The lowest BCUT2D eigenvalue weighted by Crippen LogP contribution is -2.43. The van der Waals surface area contributed by atoms with E-state index in [0.29, 0.717) is 6.61 Å². The molecule has 0 aliphatic carbocycles. The number of hydrogen-bond acceptors (Lipinski definition) is 3. The molecular weight excluding hydrogens is 220 g/mol. The van der Waals surface area contributed by atoms with E-state index in [0.717, 1.165) is 0 Å². The van der Waals surface area contributed by atoms with Gasteiger partial charge in [0.1, 0.15) is 0 Å². The molecule has 0 rings (SSSR count). The van der Waals surface area contributed by atoms with Crippen LogP contribution in [0.3, 0.4) is 0 Å². The van der Waals surface area contributed by atoms with E-state index >= 15 is 0 Å². The van der Waals surface area contributed by atoms with Crippen LogP contribution in [0, 0.1) is 5.92 Å². The third-order valence-electron chi connectivity index (χ3n) is 3.44. The van der Waals surface area contributed by atoms with Gasteiger partial charge in [-0.2, -0.15) is 0 Å². The Bertz CT molecular complexity index is 195. The van der Waals surface area contributed by atoms with Gasteiger partial charge in [0.05, 0.1) is 0 Å². The maximum Gasteiger partial charge on any atom is 0.191 e. The SMILES string of the molecule is COC(OC)[C@@H](C)CO[Si](C)(C)C(C)(C)C. The van der Waals surface area contributed by atoms with Crippen molar-refractivity contribution in [3.63, 3.8) is 0 Å². The van der Waals surface area contributed by atoms with Gasteiger partial charge in [0.2, 0.25) is 0 Å². The Morgan fingerprint density at radius 1 is 1.06 bits per heavy atom. The summed E-state index contributed by atoms with van der Waals surface area (Å²) in [5.41, 5.74) is 0. The van der Waals surface area contributed by atoms with Crippen LogP contribution < -0.4 is 0 Å². The molecular formula is C12H28O3Si. The summed E-state index contributed by atoms with van der Waals surface area (Å²) in [4.78, 5) is 0. The van der Waals surface area contributed by atoms with Gasteiger partial charge in [0.25, 0.3) is 0 Å². The van der Waals surface area contributed by atoms with Gasteiger partial charge < -0.3 is 13.9 Å². The molecule has 0 bridgehead atoms. The molecule has 3 nitrogen and oxygen atoms in total. The third kappa shape index (κ3) is 4.53. The van der Waals surface area contributed by atoms with Crippen molar-refractivity contribution in [1.82, 2.24) is 0 Å². The van der Waals surface area contributed by atoms with E-state index in [1.54, 1.807) is 14.2 Å². The maximum atomic E-state index is 6.12. The molecule has 0 aromatic heterocycles.